The normalized spacial score (nSPS) is 34.2. The van der Waals surface area contributed by atoms with Crippen molar-refractivity contribution in [3.05, 3.63) is 0 Å². The maximum Gasteiger partial charge on any atom is 0.238 e. The van der Waals surface area contributed by atoms with Crippen molar-refractivity contribution in [3.8, 4) is 0 Å². The zero-order chi connectivity index (χ0) is 15.6. The lowest BCUT2D eigenvalue weighted by atomic mass is 10.1. The van der Waals surface area contributed by atoms with Crippen LogP contribution in [0.25, 0.3) is 0 Å². The van der Waals surface area contributed by atoms with Crippen LogP contribution in [0.3, 0.4) is 0 Å². The molecular formula is C14H26N2O4S. The van der Waals surface area contributed by atoms with Gasteiger partial charge in [-0.2, -0.15) is 4.31 Å². The second-order valence-corrected chi connectivity index (χ2v) is 8.41. The second kappa shape index (κ2) is 6.62. The first-order chi connectivity index (χ1) is 9.81. The number of ether oxygens (including phenoxy) is 1. The van der Waals surface area contributed by atoms with Crippen molar-refractivity contribution in [1.82, 2.24) is 9.62 Å². The number of rotatable bonds is 5. The van der Waals surface area contributed by atoms with Crippen LogP contribution in [0.5, 0.6) is 0 Å². The highest BCUT2D eigenvalue weighted by Gasteiger charge is 2.41. The summed E-state index contributed by atoms with van der Waals surface area (Å²) in [6.07, 6.45) is 4.86. The molecule has 0 unspecified atom stereocenters. The van der Waals surface area contributed by atoms with E-state index < -0.39 is 16.1 Å². The molecule has 1 heterocycles. The summed E-state index contributed by atoms with van der Waals surface area (Å²) in [7, 11) is -1.85. The average molecular weight is 318 g/mol. The molecule has 4 atom stereocenters. The van der Waals surface area contributed by atoms with E-state index >= 15 is 0 Å². The number of hydrogen-bond donors (Lipinski definition) is 1. The number of amides is 1. The van der Waals surface area contributed by atoms with E-state index in [2.05, 4.69) is 12.2 Å². The van der Waals surface area contributed by atoms with Crippen LogP contribution in [0, 0.1) is 11.8 Å². The first kappa shape index (κ1) is 16.7. The minimum atomic E-state index is -3.39. The number of sulfonamides is 1. The van der Waals surface area contributed by atoms with Gasteiger partial charge in [-0.1, -0.05) is 13.3 Å². The zero-order valence-corrected chi connectivity index (χ0v) is 13.9. The molecule has 1 amide bonds. The molecule has 7 heteroatoms. The van der Waals surface area contributed by atoms with Crippen LogP contribution in [0.1, 0.15) is 32.6 Å². The molecule has 0 aromatic heterocycles. The van der Waals surface area contributed by atoms with Crippen molar-refractivity contribution in [2.24, 2.45) is 11.8 Å². The van der Waals surface area contributed by atoms with Gasteiger partial charge >= 0.3 is 0 Å². The summed E-state index contributed by atoms with van der Waals surface area (Å²) >= 11 is 0. The Bertz CT molecular complexity index is 479. The smallest absolute Gasteiger partial charge is 0.238 e. The van der Waals surface area contributed by atoms with Crippen molar-refractivity contribution in [3.63, 3.8) is 0 Å². The van der Waals surface area contributed by atoms with E-state index in [1.165, 1.54) is 10.7 Å². The molecule has 1 aliphatic heterocycles. The average Bonchev–Trinajstić information content (AvgIpc) is 3.01. The van der Waals surface area contributed by atoms with Gasteiger partial charge in [-0.25, -0.2) is 8.42 Å². The lowest BCUT2D eigenvalue weighted by Crippen LogP contribution is -2.46. The van der Waals surface area contributed by atoms with E-state index in [0.29, 0.717) is 18.9 Å². The highest BCUT2D eigenvalue weighted by atomic mass is 32.2. The third kappa shape index (κ3) is 4.17. The van der Waals surface area contributed by atoms with E-state index in [1.807, 2.05) is 0 Å². The minimum absolute atomic E-state index is 0.195. The number of carbonyl (C=O) groups is 1. The van der Waals surface area contributed by atoms with Gasteiger partial charge in [-0.05, 0) is 24.7 Å². The van der Waals surface area contributed by atoms with Gasteiger partial charge in [0.25, 0.3) is 0 Å². The number of methoxy groups -OCH3 is 1. The molecule has 2 fully saturated rings. The maximum absolute atomic E-state index is 12.3. The Hall–Kier alpha value is -0.660. The van der Waals surface area contributed by atoms with Crippen molar-refractivity contribution in [2.45, 2.75) is 44.8 Å². The van der Waals surface area contributed by atoms with Crippen LogP contribution < -0.4 is 5.32 Å². The molecule has 6 nitrogen and oxygen atoms in total. The van der Waals surface area contributed by atoms with Crippen LogP contribution >= 0.6 is 0 Å². The Morgan fingerprint density at radius 3 is 2.57 bits per heavy atom. The van der Waals surface area contributed by atoms with Crippen molar-refractivity contribution in [2.75, 3.05) is 26.5 Å². The molecule has 0 bridgehead atoms. The van der Waals surface area contributed by atoms with Crippen LogP contribution in [-0.4, -0.2) is 57.2 Å². The lowest BCUT2D eigenvalue weighted by molar-refractivity contribution is -0.124. The summed E-state index contributed by atoms with van der Waals surface area (Å²) in [6, 6.07) is -0.635. The number of carbonyl (C=O) groups excluding carboxylic acids is 1. The largest absolute Gasteiger partial charge is 0.380 e. The highest BCUT2D eigenvalue weighted by Crippen LogP contribution is 2.30. The lowest BCUT2D eigenvalue weighted by Gasteiger charge is -2.21. The summed E-state index contributed by atoms with van der Waals surface area (Å²) in [5.74, 6) is 1.05. The maximum atomic E-state index is 12.3. The summed E-state index contributed by atoms with van der Waals surface area (Å²) < 4.78 is 30.1. The number of nitrogens with one attached hydrogen (secondary N) is 1. The molecule has 21 heavy (non-hydrogen) atoms. The minimum Gasteiger partial charge on any atom is -0.380 e. The van der Waals surface area contributed by atoms with Gasteiger partial charge in [0.15, 0.2) is 0 Å². The second-order valence-electron chi connectivity index (χ2n) is 6.47. The summed E-state index contributed by atoms with van der Waals surface area (Å²) in [5, 5.41) is 2.93. The molecule has 2 rings (SSSR count). The van der Waals surface area contributed by atoms with Crippen LogP contribution in [0.15, 0.2) is 0 Å². The predicted octanol–water partition coefficient (Wildman–Crippen LogP) is 0.588. The molecule has 0 spiro atoms. The van der Waals surface area contributed by atoms with Crippen molar-refractivity contribution >= 4 is 15.9 Å². The molecule has 0 radical (unpaired) electrons. The Morgan fingerprint density at radius 1 is 1.33 bits per heavy atom. The van der Waals surface area contributed by atoms with E-state index in [4.69, 9.17) is 4.74 Å². The van der Waals surface area contributed by atoms with Crippen molar-refractivity contribution < 1.29 is 17.9 Å². The standard InChI is InChI=1S/C14H26N2O4S/c1-10-4-5-11(6-10)8-15-14(17)13-7-12(20-2)9-16(13)21(3,18)19/h10-13H,4-9H2,1-3H3,(H,15,17)/t10-,11-,12+,13-/m1/s1. The summed E-state index contributed by atoms with van der Waals surface area (Å²) in [4.78, 5) is 12.3. The SMILES string of the molecule is CO[C@H]1C[C@H](C(=O)NC[C@@H]2CC[C@@H](C)C2)N(S(C)(=O)=O)C1. The molecule has 0 aromatic rings. The van der Waals surface area contributed by atoms with Crippen molar-refractivity contribution in [1.29, 1.82) is 0 Å². The van der Waals surface area contributed by atoms with Crippen LogP contribution in [-0.2, 0) is 19.6 Å². The number of hydrogen-bond acceptors (Lipinski definition) is 4. The van der Waals surface area contributed by atoms with Gasteiger partial charge < -0.3 is 10.1 Å². The fraction of sp³-hybridized carbons (Fsp3) is 0.929. The molecule has 1 saturated heterocycles. The van der Waals surface area contributed by atoms with E-state index in [1.54, 1.807) is 7.11 Å². The third-order valence-corrected chi connectivity index (χ3v) is 5.90. The molecule has 1 N–H and O–H groups in total. The fourth-order valence-electron chi connectivity index (χ4n) is 3.42. The fourth-order valence-corrected chi connectivity index (χ4v) is 4.50. The number of nitrogens with zero attached hydrogens (tertiary/aromatic N) is 1. The van der Waals surface area contributed by atoms with Gasteiger partial charge in [0.2, 0.25) is 15.9 Å². The molecule has 1 saturated carbocycles. The topological polar surface area (TPSA) is 75.7 Å². The van der Waals surface area contributed by atoms with Gasteiger partial charge in [0, 0.05) is 26.6 Å². The summed E-state index contributed by atoms with van der Waals surface area (Å²) in [5.41, 5.74) is 0. The van der Waals surface area contributed by atoms with Gasteiger partial charge in [0.1, 0.15) is 6.04 Å². The van der Waals surface area contributed by atoms with Crippen LogP contribution in [0.4, 0.5) is 0 Å². The third-order valence-electron chi connectivity index (χ3n) is 4.65. The monoisotopic (exact) mass is 318 g/mol. The Balaban J connectivity index is 1.93. The van der Waals surface area contributed by atoms with Gasteiger partial charge in [-0.3, -0.25) is 4.79 Å². The van der Waals surface area contributed by atoms with E-state index in [9.17, 15) is 13.2 Å². The predicted molar refractivity (Wildman–Crippen MR) is 80.3 cm³/mol. The quantitative estimate of drug-likeness (QED) is 0.805. The van der Waals surface area contributed by atoms with Crippen LogP contribution in [0.2, 0.25) is 0 Å². The Kier molecular flexibility index (Phi) is 5.27. The van der Waals surface area contributed by atoms with Gasteiger partial charge in [0.05, 0.1) is 12.4 Å². The molecule has 122 valence electrons. The first-order valence-corrected chi connectivity index (χ1v) is 9.43. The van der Waals surface area contributed by atoms with E-state index in [-0.39, 0.29) is 18.6 Å². The zero-order valence-electron chi connectivity index (χ0n) is 13.0. The highest BCUT2D eigenvalue weighted by molar-refractivity contribution is 7.88. The molecule has 2 aliphatic rings. The molecule has 1 aliphatic carbocycles. The Labute approximate surface area is 127 Å². The van der Waals surface area contributed by atoms with Gasteiger partial charge in [-0.15, -0.1) is 0 Å². The van der Waals surface area contributed by atoms with E-state index in [0.717, 1.165) is 25.0 Å². The first-order valence-electron chi connectivity index (χ1n) is 7.58. The molecule has 0 aromatic carbocycles. The molecular weight excluding hydrogens is 292 g/mol. The Morgan fingerprint density at radius 2 is 2.05 bits per heavy atom. The summed E-state index contributed by atoms with van der Waals surface area (Å²) in [6.45, 7) is 3.14.